The molecule has 16 heavy (non-hydrogen) atoms. The van der Waals surface area contributed by atoms with E-state index in [1.54, 1.807) is 6.92 Å². The summed E-state index contributed by atoms with van der Waals surface area (Å²) >= 11 is 0. The van der Waals surface area contributed by atoms with Crippen LogP contribution in [0, 0.1) is 0 Å². The van der Waals surface area contributed by atoms with Gasteiger partial charge in [0.05, 0.1) is 6.42 Å². The Balaban J connectivity index is 2.41. The molecule has 0 radical (unpaired) electrons. The van der Waals surface area contributed by atoms with Crippen molar-refractivity contribution in [3.8, 4) is 0 Å². The minimum Gasteiger partial charge on any atom is -0.445 e. The van der Waals surface area contributed by atoms with Crippen LogP contribution in [0.15, 0.2) is 12.7 Å². The van der Waals surface area contributed by atoms with E-state index in [-0.39, 0.29) is 13.0 Å². The maximum Gasteiger partial charge on any atom is 0.407 e. The lowest BCUT2D eigenvalue weighted by atomic mass is 10.2. The fraction of sp³-hybridized carbons (Fsp3) is 0.600. The second kappa shape index (κ2) is 6.12. The van der Waals surface area contributed by atoms with Crippen LogP contribution in [0.2, 0.25) is 0 Å². The molecular weight excluding hydrogens is 214 g/mol. The van der Waals surface area contributed by atoms with Crippen LogP contribution in [0.1, 0.15) is 13.3 Å². The third-order valence-electron chi connectivity index (χ3n) is 1.93. The van der Waals surface area contributed by atoms with Crippen LogP contribution in [0.25, 0.3) is 0 Å². The van der Waals surface area contributed by atoms with Gasteiger partial charge in [-0.3, -0.25) is 4.79 Å². The highest BCUT2D eigenvalue weighted by atomic mass is 16.7. The Morgan fingerprint density at radius 2 is 2.50 bits per heavy atom. The summed E-state index contributed by atoms with van der Waals surface area (Å²) in [5.41, 5.74) is 0. The first-order valence-electron chi connectivity index (χ1n) is 5.02. The number of esters is 1. The first-order valence-corrected chi connectivity index (χ1v) is 5.02. The van der Waals surface area contributed by atoms with Gasteiger partial charge >= 0.3 is 12.1 Å². The van der Waals surface area contributed by atoms with E-state index >= 15 is 0 Å². The SMILES string of the molecule is C=CCOC(=O)N[C@@H]1CC(=O)O[C@H]1OCC. The second-order valence-electron chi connectivity index (χ2n) is 3.16. The molecule has 1 aliphatic rings. The predicted molar refractivity (Wildman–Crippen MR) is 54.6 cm³/mol. The lowest BCUT2D eigenvalue weighted by Gasteiger charge is -2.17. The van der Waals surface area contributed by atoms with Crippen LogP contribution < -0.4 is 5.32 Å². The summed E-state index contributed by atoms with van der Waals surface area (Å²) in [6, 6.07) is -0.496. The zero-order chi connectivity index (χ0) is 12.0. The fourth-order valence-electron chi connectivity index (χ4n) is 1.30. The van der Waals surface area contributed by atoms with Crippen molar-refractivity contribution in [2.45, 2.75) is 25.7 Å². The molecule has 0 aliphatic carbocycles. The third-order valence-corrected chi connectivity index (χ3v) is 1.93. The summed E-state index contributed by atoms with van der Waals surface area (Å²) in [4.78, 5) is 22.2. The summed E-state index contributed by atoms with van der Waals surface area (Å²) in [5, 5.41) is 2.50. The Morgan fingerprint density at radius 3 is 3.12 bits per heavy atom. The molecule has 0 aromatic carbocycles. The molecule has 0 bridgehead atoms. The van der Waals surface area contributed by atoms with Crippen LogP contribution in [-0.4, -0.2) is 37.6 Å². The van der Waals surface area contributed by atoms with E-state index in [1.807, 2.05) is 0 Å². The van der Waals surface area contributed by atoms with Crippen molar-refractivity contribution < 1.29 is 23.8 Å². The zero-order valence-corrected chi connectivity index (χ0v) is 9.10. The Hall–Kier alpha value is -1.56. The molecule has 6 heteroatoms. The van der Waals surface area contributed by atoms with E-state index < -0.39 is 24.4 Å². The molecule has 0 saturated carbocycles. The molecule has 1 saturated heterocycles. The van der Waals surface area contributed by atoms with Gasteiger partial charge in [0.25, 0.3) is 0 Å². The highest BCUT2D eigenvalue weighted by molar-refractivity contribution is 5.75. The lowest BCUT2D eigenvalue weighted by Crippen LogP contribution is -2.41. The molecular formula is C10H15NO5. The maximum atomic E-state index is 11.2. The van der Waals surface area contributed by atoms with Gasteiger partial charge in [0, 0.05) is 6.61 Å². The average molecular weight is 229 g/mol. The van der Waals surface area contributed by atoms with Crippen molar-refractivity contribution in [2.75, 3.05) is 13.2 Å². The molecule has 6 nitrogen and oxygen atoms in total. The molecule has 1 fully saturated rings. The first kappa shape index (κ1) is 12.5. The van der Waals surface area contributed by atoms with E-state index in [1.165, 1.54) is 6.08 Å². The van der Waals surface area contributed by atoms with Gasteiger partial charge in [-0.15, -0.1) is 0 Å². The van der Waals surface area contributed by atoms with Crippen molar-refractivity contribution in [2.24, 2.45) is 0 Å². The average Bonchev–Trinajstić information content (AvgIpc) is 2.56. The minimum atomic E-state index is -0.728. The molecule has 90 valence electrons. The van der Waals surface area contributed by atoms with E-state index in [2.05, 4.69) is 11.9 Å². The van der Waals surface area contributed by atoms with Crippen molar-refractivity contribution in [1.29, 1.82) is 0 Å². The van der Waals surface area contributed by atoms with Crippen LogP contribution in [-0.2, 0) is 19.0 Å². The molecule has 0 spiro atoms. The quantitative estimate of drug-likeness (QED) is 0.551. The first-order chi connectivity index (χ1) is 7.67. The summed E-state index contributed by atoms with van der Waals surface area (Å²) in [5.74, 6) is -0.396. The Morgan fingerprint density at radius 1 is 1.75 bits per heavy atom. The minimum absolute atomic E-state index is 0.0911. The number of hydrogen-bond donors (Lipinski definition) is 1. The van der Waals surface area contributed by atoms with Crippen molar-refractivity contribution in [3.63, 3.8) is 0 Å². The van der Waals surface area contributed by atoms with Crippen LogP contribution in [0.5, 0.6) is 0 Å². The fourth-order valence-corrected chi connectivity index (χ4v) is 1.30. The van der Waals surface area contributed by atoms with Crippen LogP contribution in [0.4, 0.5) is 4.79 Å². The Kier molecular flexibility index (Phi) is 4.78. The van der Waals surface area contributed by atoms with E-state index in [4.69, 9.17) is 14.2 Å². The lowest BCUT2D eigenvalue weighted by molar-refractivity contribution is -0.163. The number of alkyl carbamates (subject to hydrolysis) is 1. The summed E-state index contributed by atoms with van der Waals surface area (Å²) in [6.07, 6.45) is 0.200. The standard InChI is InChI=1S/C10H15NO5/c1-3-5-15-10(13)11-7-6-8(12)16-9(7)14-4-2/h3,7,9H,1,4-6H2,2H3,(H,11,13)/t7-,9-/m1/s1. The summed E-state index contributed by atoms with van der Waals surface area (Å²) in [6.45, 7) is 5.71. The van der Waals surface area contributed by atoms with Gasteiger partial charge in [-0.25, -0.2) is 4.79 Å². The monoisotopic (exact) mass is 229 g/mol. The number of carbonyl (C=O) groups excluding carboxylic acids is 2. The highest BCUT2D eigenvalue weighted by Crippen LogP contribution is 2.16. The smallest absolute Gasteiger partial charge is 0.407 e. The van der Waals surface area contributed by atoms with Crippen molar-refractivity contribution >= 4 is 12.1 Å². The highest BCUT2D eigenvalue weighted by Gasteiger charge is 2.36. The number of amides is 1. The molecule has 0 aromatic heterocycles. The van der Waals surface area contributed by atoms with Gasteiger partial charge in [-0.1, -0.05) is 12.7 Å². The number of rotatable bonds is 5. The summed E-state index contributed by atoms with van der Waals surface area (Å²) < 4.78 is 14.8. The van der Waals surface area contributed by atoms with Crippen LogP contribution in [0.3, 0.4) is 0 Å². The van der Waals surface area contributed by atoms with E-state index in [9.17, 15) is 9.59 Å². The van der Waals surface area contributed by atoms with E-state index in [0.717, 1.165) is 0 Å². The third kappa shape index (κ3) is 3.54. The summed E-state index contributed by atoms with van der Waals surface area (Å²) in [7, 11) is 0. The van der Waals surface area contributed by atoms with Gasteiger partial charge in [-0.05, 0) is 6.92 Å². The molecule has 1 rings (SSSR count). The van der Waals surface area contributed by atoms with Gasteiger partial charge in [0.2, 0.25) is 6.29 Å². The Labute approximate surface area is 93.5 Å². The van der Waals surface area contributed by atoms with Gasteiger partial charge in [-0.2, -0.15) is 0 Å². The van der Waals surface area contributed by atoms with Crippen LogP contribution >= 0.6 is 0 Å². The van der Waals surface area contributed by atoms with Crippen molar-refractivity contribution in [1.82, 2.24) is 5.32 Å². The normalized spacial score (nSPS) is 23.7. The number of cyclic esters (lactones) is 1. The molecule has 1 amide bonds. The number of nitrogens with one attached hydrogen (secondary N) is 1. The number of ether oxygens (including phenoxy) is 3. The van der Waals surface area contributed by atoms with Gasteiger partial charge < -0.3 is 19.5 Å². The maximum absolute atomic E-state index is 11.2. The second-order valence-corrected chi connectivity index (χ2v) is 3.16. The molecule has 1 aliphatic heterocycles. The molecule has 1 heterocycles. The molecule has 1 N–H and O–H groups in total. The topological polar surface area (TPSA) is 73.9 Å². The zero-order valence-electron chi connectivity index (χ0n) is 9.10. The molecule has 0 aromatic rings. The van der Waals surface area contributed by atoms with Gasteiger partial charge in [0.15, 0.2) is 0 Å². The van der Waals surface area contributed by atoms with Gasteiger partial charge in [0.1, 0.15) is 12.6 Å². The number of carbonyl (C=O) groups is 2. The number of hydrogen-bond acceptors (Lipinski definition) is 5. The molecule has 0 unspecified atom stereocenters. The van der Waals surface area contributed by atoms with Crippen molar-refractivity contribution in [3.05, 3.63) is 12.7 Å². The van der Waals surface area contributed by atoms with E-state index in [0.29, 0.717) is 6.61 Å². The largest absolute Gasteiger partial charge is 0.445 e. The predicted octanol–water partition coefficient (Wildman–Crippen LogP) is 0.577. The Bertz CT molecular complexity index is 278. The molecule has 2 atom stereocenters.